The van der Waals surface area contributed by atoms with Gasteiger partial charge in [-0.05, 0) is 24.3 Å². The molecule has 0 aliphatic heterocycles. The molecular weight excluding hydrogens is 174 g/mol. The predicted octanol–water partition coefficient (Wildman–Crippen LogP) is 2.14. The first-order valence-electron chi connectivity index (χ1n) is 3.24. The minimum atomic E-state index is 0.636. The third kappa shape index (κ3) is 2.55. The maximum atomic E-state index is 8.49. The summed E-state index contributed by atoms with van der Waals surface area (Å²) in [5.41, 5.74) is 0.636. The first kappa shape index (κ1) is 9.07. The summed E-state index contributed by atoms with van der Waals surface area (Å²) in [6.45, 7) is 0. The zero-order valence-corrected chi connectivity index (χ0v) is 7.30. The summed E-state index contributed by atoms with van der Waals surface area (Å²) in [5.74, 6) is 0. The van der Waals surface area contributed by atoms with Crippen LogP contribution in [0, 0.1) is 11.3 Å². The van der Waals surface area contributed by atoms with Gasteiger partial charge in [-0.15, -0.1) is 0 Å². The van der Waals surface area contributed by atoms with Crippen LogP contribution in [-0.2, 0) is 9.22 Å². The van der Waals surface area contributed by atoms with Gasteiger partial charge in [0.1, 0.15) is 0 Å². The van der Waals surface area contributed by atoms with Crippen LogP contribution in [0.25, 0.3) is 0 Å². The molecule has 0 amide bonds. The topological polar surface area (TPSA) is 42.2 Å². The number of hydrogen-bond acceptors (Lipinski definition) is 4. The van der Waals surface area contributed by atoms with E-state index in [1.807, 2.05) is 6.07 Å². The molecule has 0 radical (unpaired) electrons. The Hall–Kier alpha value is -1.02. The molecule has 0 aliphatic carbocycles. The van der Waals surface area contributed by atoms with Crippen molar-refractivity contribution in [2.75, 3.05) is 7.11 Å². The van der Waals surface area contributed by atoms with E-state index in [0.717, 1.165) is 16.9 Å². The molecular formula is C8H7NO2S. The average Bonchev–Trinajstić information content (AvgIpc) is 2.15. The molecule has 0 aliphatic rings. The van der Waals surface area contributed by atoms with Gasteiger partial charge in [0.05, 0.1) is 30.8 Å². The normalized spacial score (nSPS) is 9.33. The monoisotopic (exact) mass is 181 g/mol. The summed E-state index contributed by atoms with van der Waals surface area (Å²) < 4.78 is 4.63. The van der Waals surface area contributed by atoms with Gasteiger partial charge >= 0.3 is 0 Å². The van der Waals surface area contributed by atoms with Gasteiger partial charge in [-0.1, -0.05) is 0 Å². The minimum absolute atomic E-state index is 0.636. The van der Waals surface area contributed by atoms with E-state index in [4.69, 9.17) is 5.26 Å². The molecule has 1 rings (SSSR count). The zero-order chi connectivity index (χ0) is 8.81. The lowest BCUT2D eigenvalue weighted by Crippen LogP contribution is -1.78. The molecule has 0 unspecified atom stereocenters. The van der Waals surface area contributed by atoms with Crippen molar-refractivity contribution in [3.05, 3.63) is 29.8 Å². The molecule has 0 N–H and O–H groups in total. The summed E-state index contributed by atoms with van der Waals surface area (Å²) in [7, 11) is 1.44. The van der Waals surface area contributed by atoms with Crippen LogP contribution in [0.2, 0.25) is 0 Å². The second-order valence-electron chi connectivity index (χ2n) is 1.95. The van der Waals surface area contributed by atoms with Gasteiger partial charge in [-0.2, -0.15) is 9.60 Å². The molecule has 1 aromatic carbocycles. The van der Waals surface area contributed by atoms with E-state index >= 15 is 0 Å². The van der Waals surface area contributed by atoms with Crippen LogP contribution < -0.4 is 0 Å². The fraction of sp³-hybridized carbons (Fsp3) is 0.125. The maximum Gasteiger partial charge on any atom is 0.0991 e. The van der Waals surface area contributed by atoms with Crippen LogP contribution in [0.15, 0.2) is 29.2 Å². The third-order valence-electron chi connectivity index (χ3n) is 1.18. The van der Waals surface area contributed by atoms with E-state index in [2.05, 4.69) is 9.22 Å². The molecule has 0 atom stereocenters. The second-order valence-corrected chi connectivity index (χ2v) is 2.73. The van der Waals surface area contributed by atoms with Crippen LogP contribution in [0.1, 0.15) is 5.56 Å². The van der Waals surface area contributed by atoms with Crippen molar-refractivity contribution in [2.24, 2.45) is 0 Å². The van der Waals surface area contributed by atoms with Crippen LogP contribution in [0.3, 0.4) is 0 Å². The number of nitrogens with zero attached hydrogens (tertiary/aromatic N) is 1. The Kier molecular flexibility index (Phi) is 3.61. The number of rotatable bonds is 3. The molecule has 62 valence electrons. The molecule has 1 aromatic rings. The highest BCUT2D eigenvalue weighted by Crippen LogP contribution is 2.18. The van der Waals surface area contributed by atoms with Crippen LogP contribution in [0.5, 0.6) is 0 Å². The highest BCUT2D eigenvalue weighted by molar-refractivity contribution is 7.94. The van der Waals surface area contributed by atoms with E-state index in [9.17, 15) is 0 Å². The molecule has 4 heteroatoms. The lowest BCUT2D eigenvalue weighted by atomic mass is 10.2. The van der Waals surface area contributed by atoms with E-state index < -0.39 is 0 Å². The van der Waals surface area contributed by atoms with Gasteiger partial charge in [0.2, 0.25) is 0 Å². The Morgan fingerprint density at radius 3 is 2.50 bits per heavy atom. The van der Waals surface area contributed by atoms with Crippen molar-refractivity contribution in [3.63, 3.8) is 0 Å². The van der Waals surface area contributed by atoms with Gasteiger partial charge in [0, 0.05) is 4.90 Å². The predicted molar refractivity (Wildman–Crippen MR) is 45.1 cm³/mol. The number of hydrogen-bond donors (Lipinski definition) is 0. The van der Waals surface area contributed by atoms with E-state index in [1.54, 1.807) is 24.3 Å². The molecule has 12 heavy (non-hydrogen) atoms. The smallest absolute Gasteiger partial charge is 0.0991 e. The molecule has 0 saturated heterocycles. The molecule has 0 fully saturated rings. The van der Waals surface area contributed by atoms with E-state index in [0.29, 0.717) is 5.56 Å². The van der Waals surface area contributed by atoms with Gasteiger partial charge < -0.3 is 0 Å². The SMILES string of the molecule is COOSc1ccc(C#N)cc1. The van der Waals surface area contributed by atoms with Gasteiger partial charge in [0.15, 0.2) is 0 Å². The summed E-state index contributed by atoms with van der Waals surface area (Å²) in [6.07, 6.45) is 0. The van der Waals surface area contributed by atoms with Crippen molar-refractivity contribution < 1.29 is 9.22 Å². The Morgan fingerprint density at radius 2 is 2.00 bits per heavy atom. The van der Waals surface area contributed by atoms with E-state index in [1.165, 1.54) is 7.11 Å². The first-order chi connectivity index (χ1) is 5.86. The lowest BCUT2D eigenvalue weighted by molar-refractivity contribution is -0.160. The quantitative estimate of drug-likeness (QED) is 0.407. The van der Waals surface area contributed by atoms with Crippen LogP contribution in [-0.4, -0.2) is 7.11 Å². The minimum Gasteiger partial charge on any atom is -0.227 e. The second kappa shape index (κ2) is 4.78. The van der Waals surface area contributed by atoms with Gasteiger partial charge in [-0.3, -0.25) is 0 Å². The Balaban J connectivity index is 2.60. The molecule has 3 nitrogen and oxygen atoms in total. The van der Waals surface area contributed by atoms with Crippen molar-refractivity contribution in [2.45, 2.75) is 4.90 Å². The maximum absolute atomic E-state index is 8.49. The first-order valence-corrected chi connectivity index (χ1v) is 3.98. The number of nitriles is 1. The molecule has 0 aromatic heterocycles. The fourth-order valence-electron chi connectivity index (χ4n) is 0.658. The van der Waals surface area contributed by atoms with Crippen LogP contribution in [0.4, 0.5) is 0 Å². The van der Waals surface area contributed by atoms with Crippen molar-refractivity contribution in [1.29, 1.82) is 5.26 Å². The Bertz CT molecular complexity index is 278. The Morgan fingerprint density at radius 1 is 1.33 bits per heavy atom. The average molecular weight is 181 g/mol. The van der Waals surface area contributed by atoms with Crippen molar-refractivity contribution in [3.8, 4) is 6.07 Å². The summed E-state index contributed by atoms with van der Waals surface area (Å²) in [6, 6.07) is 9.06. The Labute approximate surface area is 75.0 Å². The number of benzene rings is 1. The highest BCUT2D eigenvalue weighted by atomic mass is 32.2. The fourth-order valence-corrected chi connectivity index (χ4v) is 1.05. The van der Waals surface area contributed by atoms with Crippen molar-refractivity contribution in [1.82, 2.24) is 0 Å². The van der Waals surface area contributed by atoms with Gasteiger partial charge in [-0.25, -0.2) is 4.89 Å². The molecule has 0 heterocycles. The van der Waals surface area contributed by atoms with Crippen LogP contribution >= 0.6 is 12.0 Å². The summed E-state index contributed by atoms with van der Waals surface area (Å²) in [4.78, 5) is 5.30. The largest absolute Gasteiger partial charge is 0.227 e. The van der Waals surface area contributed by atoms with E-state index in [-0.39, 0.29) is 0 Å². The standard InChI is InChI=1S/C8H7NO2S/c1-10-11-12-8-4-2-7(6-9)3-5-8/h2-5H,1H3. The van der Waals surface area contributed by atoms with Gasteiger partial charge in [0.25, 0.3) is 0 Å². The molecule has 0 spiro atoms. The summed E-state index contributed by atoms with van der Waals surface area (Å²) in [5, 5.41) is 8.49. The highest BCUT2D eigenvalue weighted by Gasteiger charge is 1.94. The molecule has 0 saturated carbocycles. The lowest BCUT2D eigenvalue weighted by Gasteiger charge is -1.97. The zero-order valence-electron chi connectivity index (χ0n) is 6.48. The third-order valence-corrected chi connectivity index (χ3v) is 1.85. The van der Waals surface area contributed by atoms with Crippen molar-refractivity contribution >= 4 is 12.0 Å². The molecule has 0 bridgehead atoms. The summed E-state index contributed by atoms with van der Waals surface area (Å²) >= 11 is 1.11.